The summed E-state index contributed by atoms with van der Waals surface area (Å²) in [5.41, 5.74) is 22.0. The first-order valence-electron chi connectivity index (χ1n) is 10.9. The van der Waals surface area contributed by atoms with Crippen molar-refractivity contribution in [2.75, 3.05) is 23.7 Å². The summed E-state index contributed by atoms with van der Waals surface area (Å²) in [4.78, 5) is 19.8. The van der Waals surface area contributed by atoms with Crippen molar-refractivity contribution in [3.05, 3.63) is 66.4 Å². The zero-order valence-corrected chi connectivity index (χ0v) is 19.1. The predicted molar refractivity (Wildman–Crippen MR) is 132 cm³/mol. The fourth-order valence-electron chi connectivity index (χ4n) is 4.20. The van der Waals surface area contributed by atoms with Crippen LogP contribution in [0.3, 0.4) is 0 Å². The largest absolute Gasteiger partial charge is 0.399 e. The average Bonchev–Trinajstić information content (AvgIpc) is 3.47. The second-order valence-corrected chi connectivity index (χ2v) is 9.33. The van der Waals surface area contributed by atoms with Crippen molar-refractivity contribution in [3.63, 3.8) is 0 Å². The number of nitrogens with zero attached hydrogens (tertiary/aromatic N) is 4. The van der Waals surface area contributed by atoms with Crippen LogP contribution in [0.15, 0.2) is 54.9 Å². The number of nitrogen functional groups attached to an aromatic ring is 1. The van der Waals surface area contributed by atoms with Crippen molar-refractivity contribution < 1.29 is 9.18 Å². The van der Waals surface area contributed by atoms with Crippen LogP contribution in [0.4, 0.5) is 15.8 Å². The van der Waals surface area contributed by atoms with Crippen LogP contribution in [0.5, 0.6) is 0 Å². The molecule has 34 heavy (non-hydrogen) atoms. The van der Waals surface area contributed by atoms with Crippen molar-refractivity contribution in [2.24, 2.45) is 11.5 Å². The number of halogens is 1. The Bertz CT molecular complexity index is 1350. The molecule has 0 saturated carbocycles. The summed E-state index contributed by atoms with van der Waals surface area (Å²) in [5.74, 6) is -0.938. The molecule has 1 saturated heterocycles. The number of primary amides is 1. The maximum Gasteiger partial charge on any atom is 0.268 e. The van der Waals surface area contributed by atoms with Gasteiger partial charge in [0.15, 0.2) is 0 Å². The molecule has 6 N–H and O–H groups in total. The Labute approximate surface area is 199 Å². The highest BCUT2D eigenvalue weighted by Gasteiger charge is 2.25. The number of nitrogens with two attached hydrogens (primary N) is 3. The molecule has 1 aliphatic heterocycles. The van der Waals surface area contributed by atoms with E-state index in [1.54, 1.807) is 29.2 Å². The second-order valence-electron chi connectivity index (χ2n) is 8.34. The van der Waals surface area contributed by atoms with Gasteiger partial charge >= 0.3 is 0 Å². The van der Waals surface area contributed by atoms with E-state index < -0.39 is 5.91 Å². The minimum Gasteiger partial charge on any atom is -0.399 e. The third kappa shape index (κ3) is 4.25. The van der Waals surface area contributed by atoms with Crippen LogP contribution < -0.4 is 22.1 Å². The molecule has 174 valence electrons. The van der Waals surface area contributed by atoms with Crippen molar-refractivity contribution in [3.8, 4) is 26.7 Å². The van der Waals surface area contributed by atoms with Gasteiger partial charge in [0, 0.05) is 47.8 Å². The van der Waals surface area contributed by atoms with Crippen LogP contribution in [-0.2, 0) is 0 Å². The van der Waals surface area contributed by atoms with Gasteiger partial charge < -0.3 is 22.1 Å². The molecular weight excluding hydrogens is 453 g/mol. The van der Waals surface area contributed by atoms with Crippen LogP contribution in [0.1, 0.15) is 23.3 Å². The lowest BCUT2D eigenvalue weighted by atomic mass is 10.0. The number of thiazole rings is 1. The molecule has 1 atom stereocenters. The van der Waals surface area contributed by atoms with Gasteiger partial charge in [0.2, 0.25) is 0 Å². The van der Waals surface area contributed by atoms with Crippen molar-refractivity contribution in [2.45, 2.75) is 18.9 Å². The molecular formula is C24H24FN7OS. The first-order chi connectivity index (χ1) is 16.4. The van der Waals surface area contributed by atoms with Gasteiger partial charge in [-0.3, -0.25) is 4.79 Å². The summed E-state index contributed by atoms with van der Waals surface area (Å²) in [6.07, 6.45) is 5.41. The van der Waals surface area contributed by atoms with Crippen LogP contribution >= 0.6 is 11.3 Å². The second kappa shape index (κ2) is 8.88. The molecule has 10 heteroatoms. The highest BCUT2D eigenvalue weighted by molar-refractivity contribution is 7.18. The van der Waals surface area contributed by atoms with E-state index in [1.807, 2.05) is 18.2 Å². The number of benzene rings is 2. The molecule has 3 heterocycles. The quantitative estimate of drug-likeness (QED) is 0.378. The van der Waals surface area contributed by atoms with Gasteiger partial charge in [-0.25, -0.2) is 14.1 Å². The molecule has 1 fully saturated rings. The number of hydrogen-bond donors (Lipinski definition) is 3. The molecule has 2 aromatic heterocycles. The summed E-state index contributed by atoms with van der Waals surface area (Å²) in [6, 6.07) is 11.8. The molecule has 5 rings (SSSR count). The third-order valence-corrected chi connectivity index (χ3v) is 6.98. The summed E-state index contributed by atoms with van der Waals surface area (Å²) in [5, 5.41) is 4.96. The van der Waals surface area contributed by atoms with Gasteiger partial charge in [-0.05, 0) is 55.3 Å². The van der Waals surface area contributed by atoms with Crippen molar-refractivity contribution in [1.82, 2.24) is 14.8 Å². The minimum atomic E-state index is -0.618. The number of carbonyl (C=O) groups excluding carboxylic acids is 1. The van der Waals surface area contributed by atoms with Gasteiger partial charge in [0.25, 0.3) is 5.91 Å². The maximum atomic E-state index is 13.3. The van der Waals surface area contributed by atoms with Crippen LogP contribution in [-0.4, -0.2) is 39.8 Å². The highest BCUT2D eigenvalue weighted by atomic mass is 32.1. The smallest absolute Gasteiger partial charge is 0.268 e. The molecule has 1 amide bonds. The topological polar surface area (TPSA) is 129 Å². The molecule has 0 bridgehead atoms. The number of carbonyl (C=O) groups is 1. The number of anilines is 2. The molecule has 0 spiro atoms. The van der Waals surface area contributed by atoms with E-state index in [0.29, 0.717) is 26.8 Å². The van der Waals surface area contributed by atoms with E-state index in [-0.39, 0.29) is 17.6 Å². The Morgan fingerprint density at radius 1 is 1.18 bits per heavy atom. The Morgan fingerprint density at radius 2 is 1.97 bits per heavy atom. The Balaban J connectivity index is 1.57. The molecule has 1 aliphatic rings. The standard InChI is InChI=1S/C24H24FN7OS/c25-15-3-6-18(7-4-15)32-12-14(11-29-32)24-30-21(23(28)33)22(34-24)19-10-16(26)5-8-20(19)31-9-1-2-17(27)13-31/h3-8,10-12,17H,1-2,9,13,26-27H2,(H2,28,33). The first-order valence-corrected chi connectivity index (χ1v) is 11.7. The molecule has 1 unspecified atom stereocenters. The van der Waals surface area contributed by atoms with Crippen LogP contribution in [0.25, 0.3) is 26.7 Å². The Kier molecular flexibility index (Phi) is 5.76. The number of hydrogen-bond acceptors (Lipinski definition) is 7. The number of rotatable bonds is 5. The fraction of sp³-hybridized carbons (Fsp3) is 0.208. The Morgan fingerprint density at radius 3 is 2.71 bits per heavy atom. The lowest BCUT2D eigenvalue weighted by Gasteiger charge is -2.34. The lowest BCUT2D eigenvalue weighted by molar-refractivity contribution is 0.0997. The number of aromatic nitrogens is 3. The number of amides is 1. The number of piperidine rings is 1. The molecule has 2 aromatic carbocycles. The third-order valence-electron chi connectivity index (χ3n) is 5.85. The summed E-state index contributed by atoms with van der Waals surface area (Å²) in [7, 11) is 0. The maximum absolute atomic E-state index is 13.3. The van der Waals surface area contributed by atoms with Gasteiger partial charge in [-0.2, -0.15) is 5.10 Å². The van der Waals surface area contributed by atoms with Crippen LogP contribution in [0, 0.1) is 5.82 Å². The monoisotopic (exact) mass is 477 g/mol. The molecule has 4 aromatic rings. The summed E-state index contributed by atoms with van der Waals surface area (Å²) >= 11 is 1.35. The SMILES string of the molecule is NC(=O)c1nc(-c2cnn(-c3ccc(F)cc3)c2)sc1-c1cc(N)ccc1N1CCCC(N)C1. The van der Waals surface area contributed by atoms with E-state index in [1.165, 1.54) is 23.5 Å². The van der Waals surface area contributed by atoms with Gasteiger partial charge in [-0.15, -0.1) is 11.3 Å². The molecule has 8 nitrogen and oxygen atoms in total. The zero-order valence-electron chi connectivity index (χ0n) is 18.3. The van der Waals surface area contributed by atoms with Crippen molar-refractivity contribution >= 4 is 28.6 Å². The van der Waals surface area contributed by atoms with E-state index >= 15 is 0 Å². The predicted octanol–water partition coefficient (Wildman–Crippen LogP) is 3.41. The summed E-state index contributed by atoms with van der Waals surface area (Å²) < 4.78 is 14.9. The van der Waals surface area contributed by atoms with Gasteiger partial charge in [-0.1, -0.05) is 0 Å². The van der Waals surface area contributed by atoms with E-state index in [9.17, 15) is 9.18 Å². The Hall–Kier alpha value is -3.76. The van der Waals surface area contributed by atoms with E-state index in [0.717, 1.165) is 37.2 Å². The highest BCUT2D eigenvalue weighted by Crippen LogP contribution is 2.41. The van der Waals surface area contributed by atoms with Gasteiger partial charge in [0.05, 0.1) is 16.8 Å². The van der Waals surface area contributed by atoms with Crippen LogP contribution in [0.2, 0.25) is 0 Å². The molecule has 0 aliphatic carbocycles. The molecule has 0 radical (unpaired) electrons. The van der Waals surface area contributed by atoms with E-state index in [4.69, 9.17) is 17.2 Å². The first kappa shape index (κ1) is 22.1. The van der Waals surface area contributed by atoms with E-state index in [2.05, 4.69) is 15.0 Å². The lowest BCUT2D eigenvalue weighted by Crippen LogP contribution is -2.43. The van der Waals surface area contributed by atoms with Crippen molar-refractivity contribution in [1.29, 1.82) is 0 Å². The zero-order chi connectivity index (χ0) is 23.8. The average molecular weight is 478 g/mol. The summed E-state index contributed by atoms with van der Waals surface area (Å²) in [6.45, 7) is 1.59. The fourth-order valence-corrected chi connectivity index (χ4v) is 5.27. The minimum absolute atomic E-state index is 0.0871. The normalized spacial score (nSPS) is 16.1. The van der Waals surface area contributed by atoms with Gasteiger partial charge in [0.1, 0.15) is 16.5 Å².